The zero-order valence-corrected chi connectivity index (χ0v) is 15.2. The number of thiazole rings is 1. The van der Waals surface area contributed by atoms with Gasteiger partial charge in [-0.3, -0.25) is 15.5 Å². The first-order valence-electron chi connectivity index (χ1n) is 7.51. The fraction of sp³-hybridized carbons (Fsp3) is 0.125. The highest BCUT2D eigenvalue weighted by Gasteiger charge is 2.19. The number of hydrogen-bond donors (Lipinski definition) is 2. The molecule has 10 heteroatoms. The minimum absolute atomic E-state index is 0.0392. The molecule has 0 saturated heterocycles. The molecule has 0 fully saturated rings. The highest BCUT2D eigenvalue weighted by atomic mass is 32.1. The van der Waals surface area contributed by atoms with E-state index in [-0.39, 0.29) is 12.4 Å². The van der Waals surface area contributed by atoms with E-state index in [9.17, 15) is 15.2 Å². The molecule has 0 saturated carbocycles. The minimum atomic E-state index is -0.670. The van der Waals surface area contributed by atoms with E-state index >= 15 is 0 Å². The molecule has 2 N–H and O–H groups in total. The predicted octanol–water partition coefficient (Wildman–Crippen LogP) is 4.33. The molecular weight excluding hydrogens is 376 g/mol. The Morgan fingerprint density at radius 1 is 1.46 bits per heavy atom. The quantitative estimate of drug-likeness (QED) is 0.353. The molecule has 0 amide bonds. The summed E-state index contributed by atoms with van der Waals surface area (Å²) in [4.78, 5) is 15.9. The van der Waals surface area contributed by atoms with Crippen LogP contribution in [0.2, 0.25) is 0 Å². The molecular formula is C16H14N4O4S2. The number of hydrogen-bond acceptors (Lipinski definition) is 9. The standard InChI is InChI=1S/C16H14N4O4S2/c1-2-24-13-7-10(6-12(15(13)21)20(22)23)8-17-19-16-18-11(9-26-16)14-4-3-5-25-14/h3-9,21H,2H2,1H3,(H,18,19)/b17-8-. The molecule has 134 valence electrons. The van der Waals surface area contributed by atoms with Gasteiger partial charge in [-0.05, 0) is 24.4 Å². The van der Waals surface area contributed by atoms with Gasteiger partial charge in [-0.15, -0.1) is 22.7 Å². The number of nitro groups is 1. The molecule has 26 heavy (non-hydrogen) atoms. The van der Waals surface area contributed by atoms with E-state index in [0.29, 0.717) is 10.7 Å². The summed E-state index contributed by atoms with van der Waals surface area (Å²) in [6.45, 7) is 2.00. The van der Waals surface area contributed by atoms with Crippen LogP contribution in [0.4, 0.5) is 10.8 Å². The Balaban J connectivity index is 1.77. The van der Waals surface area contributed by atoms with Crippen LogP contribution in [0.3, 0.4) is 0 Å². The molecule has 0 unspecified atom stereocenters. The molecule has 0 aliphatic carbocycles. The van der Waals surface area contributed by atoms with Crippen LogP contribution in [-0.2, 0) is 0 Å². The number of ether oxygens (including phenoxy) is 1. The molecule has 1 aromatic carbocycles. The summed E-state index contributed by atoms with van der Waals surface area (Å²) < 4.78 is 5.23. The number of nitro benzene ring substituents is 1. The Bertz CT molecular complexity index is 938. The zero-order valence-electron chi connectivity index (χ0n) is 13.6. The number of hydrazone groups is 1. The fourth-order valence-electron chi connectivity index (χ4n) is 2.12. The summed E-state index contributed by atoms with van der Waals surface area (Å²) in [5, 5.41) is 29.5. The number of phenolic OH excluding ortho intramolecular Hbond substituents is 1. The van der Waals surface area contributed by atoms with Crippen molar-refractivity contribution < 1.29 is 14.8 Å². The van der Waals surface area contributed by atoms with Crippen LogP contribution in [-0.4, -0.2) is 27.8 Å². The van der Waals surface area contributed by atoms with Crippen LogP contribution in [0, 0.1) is 10.1 Å². The second kappa shape index (κ2) is 7.93. The number of anilines is 1. The first-order valence-corrected chi connectivity index (χ1v) is 9.27. The van der Waals surface area contributed by atoms with Crippen molar-refractivity contribution in [3.63, 3.8) is 0 Å². The zero-order chi connectivity index (χ0) is 18.5. The van der Waals surface area contributed by atoms with Crippen molar-refractivity contribution in [2.45, 2.75) is 6.92 Å². The Labute approximate surface area is 156 Å². The Hall–Kier alpha value is -2.98. The molecule has 3 rings (SSSR count). The molecule has 0 atom stereocenters. The van der Waals surface area contributed by atoms with Crippen molar-refractivity contribution >= 4 is 39.7 Å². The molecule has 2 heterocycles. The van der Waals surface area contributed by atoms with Crippen molar-refractivity contribution in [2.24, 2.45) is 5.10 Å². The number of nitrogens with zero attached hydrogens (tertiary/aromatic N) is 3. The van der Waals surface area contributed by atoms with Gasteiger partial charge in [-0.1, -0.05) is 6.07 Å². The lowest BCUT2D eigenvalue weighted by molar-refractivity contribution is -0.386. The van der Waals surface area contributed by atoms with Crippen LogP contribution < -0.4 is 10.2 Å². The van der Waals surface area contributed by atoms with Crippen LogP contribution in [0.15, 0.2) is 40.1 Å². The van der Waals surface area contributed by atoms with Gasteiger partial charge in [0.2, 0.25) is 10.9 Å². The van der Waals surface area contributed by atoms with Gasteiger partial charge in [0.05, 0.1) is 28.3 Å². The van der Waals surface area contributed by atoms with Gasteiger partial charge in [0.15, 0.2) is 5.75 Å². The monoisotopic (exact) mass is 390 g/mol. The average Bonchev–Trinajstić information content (AvgIpc) is 3.28. The van der Waals surface area contributed by atoms with Crippen molar-refractivity contribution in [3.05, 3.63) is 50.7 Å². The number of aromatic nitrogens is 1. The number of rotatable bonds is 7. The van der Waals surface area contributed by atoms with Crippen LogP contribution >= 0.6 is 22.7 Å². The van der Waals surface area contributed by atoms with E-state index in [1.165, 1.54) is 29.7 Å². The van der Waals surface area contributed by atoms with Gasteiger partial charge in [0.1, 0.15) is 0 Å². The predicted molar refractivity (Wildman–Crippen MR) is 103 cm³/mol. The fourth-order valence-corrected chi connectivity index (χ4v) is 3.54. The van der Waals surface area contributed by atoms with E-state index in [1.807, 2.05) is 22.9 Å². The summed E-state index contributed by atoms with van der Waals surface area (Å²) in [6.07, 6.45) is 1.40. The number of thiophene rings is 1. The largest absolute Gasteiger partial charge is 0.500 e. The number of nitrogens with one attached hydrogen (secondary N) is 1. The van der Waals surface area contributed by atoms with Crippen LogP contribution in [0.25, 0.3) is 10.6 Å². The van der Waals surface area contributed by atoms with Gasteiger partial charge >= 0.3 is 5.69 Å². The maximum absolute atomic E-state index is 11.1. The lowest BCUT2D eigenvalue weighted by atomic mass is 10.2. The second-order valence-corrected chi connectivity index (χ2v) is 6.77. The van der Waals surface area contributed by atoms with Crippen LogP contribution in [0.5, 0.6) is 11.5 Å². The lowest BCUT2D eigenvalue weighted by Gasteiger charge is -2.07. The van der Waals surface area contributed by atoms with E-state index in [4.69, 9.17) is 4.74 Å². The maximum atomic E-state index is 11.1. The molecule has 0 radical (unpaired) electrons. The van der Waals surface area contributed by atoms with Crippen molar-refractivity contribution in [3.8, 4) is 22.1 Å². The first-order chi connectivity index (χ1) is 12.6. The number of aromatic hydroxyl groups is 1. The normalized spacial score (nSPS) is 11.0. The van der Waals surface area contributed by atoms with Crippen molar-refractivity contribution in [1.29, 1.82) is 0 Å². The van der Waals surface area contributed by atoms with E-state index in [1.54, 1.807) is 18.3 Å². The summed E-state index contributed by atoms with van der Waals surface area (Å²) in [5.74, 6) is -0.458. The highest BCUT2D eigenvalue weighted by Crippen LogP contribution is 2.36. The van der Waals surface area contributed by atoms with Gasteiger partial charge < -0.3 is 9.84 Å². The summed E-state index contributed by atoms with van der Waals surface area (Å²) in [5.41, 5.74) is 3.64. The summed E-state index contributed by atoms with van der Waals surface area (Å²) >= 11 is 3.00. The summed E-state index contributed by atoms with van der Waals surface area (Å²) in [6, 6.07) is 6.65. The molecule has 0 bridgehead atoms. The third-order valence-electron chi connectivity index (χ3n) is 3.23. The SMILES string of the molecule is CCOc1cc(/C=N\Nc2nc(-c3cccs3)cs2)cc([N+](=O)[O-])c1O. The third kappa shape index (κ3) is 3.98. The smallest absolute Gasteiger partial charge is 0.315 e. The number of benzene rings is 1. The van der Waals surface area contributed by atoms with E-state index in [2.05, 4.69) is 15.5 Å². The Morgan fingerprint density at radius 2 is 2.31 bits per heavy atom. The molecule has 2 aromatic heterocycles. The van der Waals surface area contributed by atoms with Gasteiger partial charge in [0.25, 0.3) is 0 Å². The Kier molecular flexibility index (Phi) is 5.44. The van der Waals surface area contributed by atoms with Crippen LogP contribution in [0.1, 0.15) is 12.5 Å². The van der Waals surface area contributed by atoms with Gasteiger partial charge in [-0.2, -0.15) is 5.10 Å². The molecule has 3 aromatic rings. The molecule has 0 spiro atoms. The highest BCUT2D eigenvalue weighted by molar-refractivity contribution is 7.15. The first kappa shape index (κ1) is 17.8. The lowest BCUT2D eigenvalue weighted by Crippen LogP contribution is -1.98. The molecule has 8 nitrogen and oxygen atoms in total. The second-order valence-electron chi connectivity index (χ2n) is 4.96. The van der Waals surface area contributed by atoms with E-state index < -0.39 is 16.4 Å². The van der Waals surface area contributed by atoms with Gasteiger partial charge in [-0.25, -0.2) is 4.98 Å². The molecule has 0 aliphatic heterocycles. The summed E-state index contributed by atoms with van der Waals surface area (Å²) in [7, 11) is 0. The van der Waals surface area contributed by atoms with Crippen molar-refractivity contribution in [1.82, 2.24) is 4.98 Å². The minimum Gasteiger partial charge on any atom is -0.500 e. The third-order valence-corrected chi connectivity index (χ3v) is 4.86. The number of phenols is 1. The maximum Gasteiger partial charge on any atom is 0.315 e. The molecule has 0 aliphatic rings. The topological polar surface area (TPSA) is 110 Å². The van der Waals surface area contributed by atoms with E-state index in [0.717, 1.165) is 10.6 Å². The Morgan fingerprint density at radius 3 is 3.00 bits per heavy atom. The van der Waals surface area contributed by atoms with Gasteiger partial charge in [0, 0.05) is 17.0 Å². The van der Waals surface area contributed by atoms with Crippen molar-refractivity contribution in [2.75, 3.05) is 12.0 Å². The average molecular weight is 390 g/mol.